The number of rotatable bonds is 1. The van der Waals surface area contributed by atoms with E-state index in [1.807, 2.05) is 18.1 Å². The number of nitrogens with one attached hydrogen (secondary N) is 1. The van der Waals surface area contributed by atoms with Crippen LogP contribution in [0.2, 0.25) is 0 Å². The first-order valence-electron chi connectivity index (χ1n) is 6.21. The van der Waals surface area contributed by atoms with Gasteiger partial charge in [0.2, 0.25) is 0 Å². The maximum absolute atomic E-state index is 10.8. The Morgan fingerprint density at radius 2 is 2.39 bits per heavy atom. The number of piperidine rings is 1. The van der Waals surface area contributed by atoms with Crippen LogP contribution in [0.25, 0.3) is 0 Å². The van der Waals surface area contributed by atoms with Gasteiger partial charge in [-0.1, -0.05) is 12.1 Å². The molecular formula is C14H16N2O2. The Bertz CT molecular complexity index is 531. The van der Waals surface area contributed by atoms with Gasteiger partial charge in [0.25, 0.3) is 0 Å². The van der Waals surface area contributed by atoms with Crippen LogP contribution >= 0.6 is 0 Å². The Balaban J connectivity index is 2.04. The summed E-state index contributed by atoms with van der Waals surface area (Å²) in [7, 11) is 0. The highest BCUT2D eigenvalue weighted by atomic mass is 16.5. The lowest BCUT2D eigenvalue weighted by Gasteiger charge is -2.33. The fourth-order valence-corrected chi connectivity index (χ4v) is 2.91. The molecule has 94 valence electrons. The molecule has 0 aromatic heterocycles. The van der Waals surface area contributed by atoms with E-state index in [1.165, 1.54) is 5.56 Å². The first-order chi connectivity index (χ1) is 8.77. The number of carbonyl (C=O) groups excluding carboxylic acids is 1. The molecule has 0 aliphatic carbocycles. The van der Waals surface area contributed by atoms with E-state index in [1.54, 1.807) is 0 Å². The SMILES string of the molecule is NCc1ccc2c(c1)C1(CCNC(=C=O)C1)CO2. The van der Waals surface area contributed by atoms with E-state index in [0.717, 1.165) is 24.3 Å². The van der Waals surface area contributed by atoms with Crippen molar-refractivity contribution in [3.63, 3.8) is 0 Å². The fraction of sp³-hybridized carbons (Fsp3) is 0.429. The molecule has 1 atom stereocenters. The minimum Gasteiger partial charge on any atom is -0.492 e. The molecule has 1 fully saturated rings. The van der Waals surface area contributed by atoms with Gasteiger partial charge in [0.05, 0.1) is 12.3 Å². The zero-order valence-electron chi connectivity index (χ0n) is 10.2. The molecule has 3 rings (SSSR count). The minimum atomic E-state index is -0.0709. The lowest BCUT2D eigenvalue weighted by molar-refractivity contribution is 0.236. The summed E-state index contributed by atoms with van der Waals surface area (Å²) < 4.78 is 5.77. The summed E-state index contributed by atoms with van der Waals surface area (Å²) in [5.74, 6) is 2.92. The molecule has 18 heavy (non-hydrogen) atoms. The first-order valence-corrected chi connectivity index (χ1v) is 6.21. The number of fused-ring (bicyclic) bond motifs is 2. The van der Waals surface area contributed by atoms with Crippen molar-refractivity contribution in [2.45, 2.75) is 24.8 Å². The molecule has 3 N–H and O–H groups in total. The number of allylic oxidation sites excluding steroid dienone is 1. The van der Waals surface area contributed by atoms with E-state index >= 15 is 0 Å². The van der Waals surface area contributed by atoms with Gasteiger partial charge in [0, 0.05) is 30.5 Å². The van der Waals surface area contributed by atoms with Crippen LogP contribution in [-0.4, -0.2) is 19.1 Å². The van der Waals surface area contributed by atoms with E-state index in [4.69, 9.17) is 10.5 Å². The molecule has 4 nitrogen and oxygen atoms in total. The van der Waals surface area contributed by atoms with Crippen molar-refractivity contribution in [1.29, 1.82) is 0 Å². The lowest BCUT2D eigenvalue weighted by atomic mass is 9.73. The summed E-state index contributed by atoms with van der Waals surface area (Å²) in [6.07, 6.45) is 1.65. The summed E-state index contributed by atoms with van der Waals surface area (Å²) in [6, 6.07) is 6.10. The molecule has 4 heteroatoms. The van der Waals surface area contributed by atoms with Crippen LogP contribution in [0.15, 0.2) is 23.9 Å². The van der Waals surface area contributed by atoms with Crippen LogP contribution in [0.5, 0.6) is 5.75 Å². The molecule has 0 saturated carbocycles. The van der Waals surface area contributed by atoms with Crippen molar-refractivity contribution in [2.75, 3.05) is 13.2 Å². The Labute approximate surface area is 106 Å². The van der Waals surface area contributed by atoms with E-state index in [9.17, 15) is 4.79 Å². The third kappa shape index (κ3) is 1.62. The van der Waals surface area contributed by atoms with E-state index in [-0.39, 0.29) is 5.41 Å². The Morgan fingerprint density at radius 1 is 1.50 bits per heavy atom. The molecule has 1 spiro atoms. The molecule has 1 aromatic carbocycles. The highest BCUT2D eigenvalue weighted by Gasteiger charge is 2.43. The summed E-state index contributed by atoms with van der Waals surface area (Å²) >= 11 is 0. The average molecular weight is 244 g/mol. The summed E-state index contributed by atoms with van der Waals surface area (Å²) in [5, 5.41) is 3.09. The molecule has 0 bridgehead atoms. The number of benzene rings is 1. The van der Waals surface area contributed by atoms with Crippen molar-refractivity contribution in [1.82, 2.24) is 5.32 Å². The second kappa shape index (κ2) is 4.16. The summed E-state index contributed by atoms with van der Waals surface area (Å²) in [6.45, 7) is 1.96. The zero-order valence-corrected chi connectivity index (χ0v) is 10.2. The van der Waals surface area contributed by atoms with Gasteiger partial charge in [-0.15, -0.1) is 0 Å². The lowest BCUT2D eigenvalue weighted by Crippen LogP contribution is -2.40. The van der Waals surface area contributed by atoms with Gasteiger partial charge < -0.3 is 15.8 Å². The standard InChI is InChI=1S/C14H16N2O2/c15-7-10-1-2-13-12(5-10)14(9-18-13)3-4-16-11(6-14)8-17/h1-2,5,16H,3-4,6-7,9,15H2. The number of nitrogens with two attached hydrogens (primary N) is 1. The predicted octanol–water partition coefficient (Wildman–Crippen LogP) is 0.874. The maximum Gasteiger partial charge on any atom is 0.145 e. The number of ether oxygens (including phenoxy) is 1. The third-order valence-corrected chi connectivity index (χ3v) is 3.94. The van der Waals surface area contributed by atoms with Crippen molar-refractivity contribution in [2.24, 2.45) is 5.73 Å². The monoisotopic (exact) mass is 244 g/mol. The van der Waals surface area contributed by atoms with Gasteiger partial charge in [0.1, 0.15) is 11.7 Å². The molecule has 1 unspecified atom stereocenters. The zero-order chi connectivity index (χ0) is 12.6. The molecule has 2 aliphatic rings. The van der Waals surface area contributed by atoms with Crippen LogP contribution in [0, 0.1) is 0 Å². The van der Waals surface area contributed by atoms with Crippen LogP contribution in [-0.2, 0) is 16.8 Å². The van der Waals surface area contributed by atoms with Gasteiger partial charge >= 0.3 is 0 Å². The van der Waals surface area contributed by atoms with Gasteiger partial charge in [-0.3, -0.25) is 0 Å². The predicted molar refractivity (Wildman–Crippen MR) is 67.9 cm³/mol. The summed E-state index contributed by atoms with van der Waals surface area (Å²) in [4.78, 5) is 10.8. The average Bonchev–Trinajstić information content (AvgIpc) is 2.77. The largest absolute Gasteiger partial charge is 0.492 e. The van der Waals surface area contributed by atoms with Gasteiger partial charge in [-0.2, -0.15) is 0 Å². The van der Waals surface area contributed by atoms with Crippen molar-refractivity contribution < 1.29 is 9.53 Å². The molecule has 2 aliphatic heterocycles. The van der Waals surface area contributed by atoms with Crippen LogP contribution in [0.3, 0.4) is 0 Å². The van der Waals surface area contributed by atoms with Crippen molar-refractivity contribution in [3.8, 4) is 5.75 Å². The first kappa shape index (κ1) is 11.3. The maximum atomic E-state index is 10.8. The molecule has 0 radical (unpaired) electrons. The highest BCUT2D eigenvalue weighted by Crippen LogP contribution is 2.46. The number of hydrogen-bond donors (Lipinski definition) is 2. The molecule has 2 heterocycles. The topological polar surface area (TPSA) is 64.3 Å². The quantitative estimate of drug-likeness (QED) is 0.720. The Kier molecular flexibility index (Phi) is 2.62. The fourth-order valence-electron chi connectivity index (χ4n) is 2.91. The van der Waals surface area contributed by atoms with E-state index in [0.29, 0.717) is 25.3 Å². The van der Waals surface area contributed by atoms with Crippen LogP contribution in [0.1, 0.15) is 24.0 Å². The second-order valence-electron chi connectivity index (χ2n) is 5.04. The third-order valence-electron chi connectivity index (χ3n) is 3.94. The normalized spacial score (nSPS) is 25.3. The summed E-state index contributed by atoms with van der Waals surface area (Å²) in [5.41, 5.74) is 8.57. The van der Waals surface area contributed by atoms with Crippen LogP contribution in [0.4, 0.5) is 0 Å². The van der Waals surface area contributed by atoms with Gasteiger partial charge in [0.15, 0.2) is 0 Å². The van der Waals surface area contributed by atoms with Crippen LogP contribution < -0.4 is 15.8 Å². The van der Waals surface area contributed by atoms with Gasteiger partial charge in [-0.05, 0) is 18.1 Å². The second-order valence-corrected chi connectivity index (χ2v) is 5.04. The minimum absolute atomic E-state index is 0.0709. The molecule has 0 amide bonds. The van der Waals surface area contributed by atoms with Crippen molar-refractivity contribution in [3.05, 3.63) is 35.0 Å². The molecular weight excluding hydrogens is 228 g/mol. The Morgan fingerprint density at radius 3 is 3.17 bits per heavy atom. The Hall–Kier alpha value is -1.77. The van der Waals surface area contributed by atoms with Crippen molar-refractivity contribution >= 4 is 5.94 Å². The van der Waals surface area contributed by atoms with Gasteiger partial charge in [-0.25, -0.2) is 4.79 Å². The molecule has 1 saturated heterocycles. The smallest absolute Gasteiger partial charge is 0.145 e. The molecule has 1 aromatic rings. The number of hydrogen-bond acceptors (Lipinski definition) is 4. The van der Waals surface area contributed by atoms with E-state index in [2.05, 4.69) is 11.4 Å². The highest BCUT2D eigenvalue weighted by molar-refractivity contribution is 5.55. The van der Waals surface area contributed by atoms with E-state index < -0.39 is 0 Å².